The molecule has 0 saturated heterocycles. The number of hydrogen-bond acceptors (Lipinski definition) is 3. The summed E-state index contributed by atoms with van der Waals surface area (Å²) in [6, 6.07) is 14.7. The third kappa shape index (κ3) is 2.46. The number of rotatable bonds is 3. The fraction of sp³-hybridized carbons (Fsp3) is 0.100. The average molecular weight is 321 g/mol. The van der Waals surface area contributed by atoms with E-state index in [2.05, 4.69) is 5.32 Å². The summed E-state index contributed by atoms with van der Waals surface area (Å²) in [7, 11) is 1.64. The van der Waals surface area contributed by atoms with Gasteiger partial charge in [0.25, 0.3) is 0 Å². The lowest BCUT2D eigenvalue weighted by molar-refractivity contribution is 0.415. The molecule has 0 spiro atoms. The van der Waals surface area contributed by atoms with Gasteiger partial charge in [-0.15, -0.1) is 0 Å². The van der Waals surface area contributed by atoms with Crippen molar-refractivity contribution in [3.8, 4) is 17.1 Å². The molecule has 24 heavy (non-hydrogen) atoms. The van der Waals surface area contributed by atoms with Crippen LogP contribution in [0.5, 0.6) is 5.75 Å². The highest BCUT2D eigenvalue weighted by Gasteiger charge is 2.19. The summed E-state index contributed by atoms with van der Waals surface area (Å²) in [5.74, 6) is 1.27. The minimum Gasteiger partial charge on any atom is -0.497 e. The Balaban J connectivity index is 1.79. The van der Waals surface area contributed by atoms with Gasteiger partial charge >= 0.3 is 0 Å². The smallest absolute Gasteiger partial charge is 0.135 e. The Bertz CT molecular complexity index is 896. The molecule has 1 aliphatic heterocycles. The molecular formula is C20H16FNO2. The molecule has 3 aromatic rings. The van der Waals surface area contributed by atoms with Gasteiger partial charge in [0.15, 0.2) is 0 Å². The van der Waals surface area contributed by atoms with E-state index in [0.717, 1.165) is 33.9 Å². The van der Waals surface area contributed by atoms with Crippen LogP contribution < -0.4 is 10.1 Å². The molecule has 1 aromatic heterocycles. The molecule has 2 heterocycles. The third-order valence-corrected chi connectivity index (χ3v) is 4.21. The van der Waals surface area contributed by atoms with Crippen LogP contribution in [-0.2, 0) is 0 Å². The summed E-state index contributed by atoms with van der Waals surface area (Å²) in [4.78, 5) is 0. The van der Waals surface area contributed by atoms with E-state index >= 15 is 0 Å². The Morgan fingerprint density at radius 2 is 1.92 bits per heavy atom. The first kappa shape index (κ1) is 14.6. The summed E-state index contributed by atoms with van der Waals surface area (Å²) < 4.78 is 25.0. The van der Waals surface area contributed by atoms with Crippen LogP contribution >= 0.6 is 0 Å². The lowest BCUT2D eigenvalue weighted by Gasteiger charge is -2.22. The minimum atomic E-state index is -0.251. The monoisotopic (exact) mass is 321 g/mol. The van der Waals surface area contributed by atoms with Crippen molar-refractivity contribution in [3.05, 3.63) is 71.7 Å². The van der Waals surface area contributed by atoms with E-state index in [0.29, 0.717) is 12.1 Å². The van der Waals surface area contributed by atoms with Gasteiger partial charge in [-0.3, -0.25) is 0 Å². The zero-order valence-electron chi connectivity index (χ0n) is 13.2. The van der Waals surface area contributed by atoms with E-state index in [1.54, 1.807) is 19.4 Å². The van der Waals surface area contributed by atoms with Crippen molar-refractivity contribution >= 4 is 17.3 Å². The number of methoxy groups -OCH3 is 1. The van der Waals surface area contributed by atoms with Gasteiger partial charge in [-0.2, -0.15) is 0 Å². The molecule has 0 fully saturated rings. The SMILES string of the molecule is COc1ccc(C2=Cc3c(F)ccc(-c4ccco4)c3NC2)cc1. The molecule has 0 unspecified atom stereocenters. The van der Waals surface area contributed by atoms with Crippen molar-refractivity contribution in [2.24, 2.45) is 0 Å². The van der Waals surface area contributed by atoms with Crippen molar-refractivity contribution in [3.63, 3.8) is 0 Å². The topological polar surface area (TPSA) is 34.4 Å². The van der Waals surface area contributed by atoms with E-state index in [9.17, 15) is 4.39 Å². The van der Waals surface area contributed by atoms with Gasteiger partial charge in [-0.25, -0.2) is 4.39 Å². The quantitative estimate of drug-likeness (QED) is 0.732. The first-order valence-corrected chi connectivity index (χ1v) is 7.71. The van der Waals surface area contributed by atoms with Gasteiger partial charge < -0.3 is 14.5 Å². The highest BCUT2D eigenvalue weighted by Crippen LogP contribution is 2.38. The minimum absolute atomic E-state index is 0.251. The van der Waals surface area contributed by atoms with E-state index in [4.69, 9.17) is 9.15 Å². The van der Waals surface area contributed by atoms with Crippen molar-refractivity contribution < 1.29 is 13.5 Å². The van der Waals surface area contributed by atoms with Gasteiger partial charge in [0, 0.05) is 17.7 Å². The first-order valence-electron chi connectivity index (χ1n) is 7.71. The van der Waals surface area contributed by atoms with Crippen LogP contribution in [-0.4, -0.2) is 13.7 Å². The summed E-state index contributed by atoms with van der Waals surface area (Å²) in [6.45, 7) is 0.622. The van der Waals surface area contributed by atoms with Crippen LogP contribution in [0, 0.1) is 5.82 Å². The molecular weight excluding hydrogens is 305 g/mol. The molecule has 2 aromatic carbocycles. The lowest BCUT2D eigenvalue weighted by atomic mass is 9.95. The molecule has 0 bridgehead atoms. The van der Waals surface area contributed by atoms with E-state index in [1.807, 2.05) is 42.5 Å². The lowest BCUT2D eigenvalue weighted by Crippen LogP contribution is -2.12. The van der Waals surface area contributed by atoms with Crippen molar-refractivity contribution in [1.82, 2.24) is 0 Å². The van der Waals surface area contributed by atoms with Crippen LogP contribution in [0.1, 0.15) is 11.1 Å². The summed E-state index contributed by atoms with van der Waals surface area (Å²) in [6.07, 6.45) is 3.52. The molecule has 120 valence electrons. The molecule has 0 aliphatic carbocycles. The van der Waals surface area contributed by atoms with Gasteiger partial charge in [-0.1, -0.05) is 12.1 Å². The number of anilines is 1. The number of benzene rings is 2. The molecule has 1 aliphatic rings. The molecule has 3 nitrogen and oxygen atoms in total. The molecule has 4 heteroatoms. The van der Waals surface area contributed by atoms with E-state index < -0.39 is 0 Å². The van der Waals surface area contributed by atoms with Gasteiger partial charge in [0.05, 0.1) is 19.1 Å². The summed E-state index contributed by atoms with van der Waals surface area (Å²) >= 11 is 0. The van der Waals surface area contributed by atoms with Crippen molar-refractivity contribution in [2.75, 3.05) is 19.0 Å². The van der Waals surface area contributed by atoms with Crippen LogP contribution in [0.25, 0.3) is 23.0 Å². The van der Waals surface area contributed by atoms with Gasteiger partial charge in [0.2, 0.25) is 0 Å². The van der Waals surface area contributed by atoms with Crippen molar-refractivity contribution in [1.29, 1.82) is 0 Å². The van der Waals surface area contributed by atoms with E-state index in [-0.39, 0.29) is 5.82 Å². The zero-order valence-corrected chi connectivity index (χ0v) is 13.2. The Hall–Kier alpha value is -3.01. The second-order valence-corrected chi connectivity index (χ2v) is 5.61. The number of ether oxygens (including phenoxy) is 1. The summed E-state index contributed by atoms with van der Waals surface area (Å²) in [5, 5.41) is 3.34. The Labute approximate surface area is 139 Å². The maximum atomic E-state index is 14.4. The second-order valence-electron chi connectivity index (χ2n) is 5.61. The second kappa shape index (κ2) is 5.89. The number of hydrogen-bond donors (Lipinski definition) is 1. The van der Waals surface area contributed by atoms with Crippen LogP contribution in [0.3, 0.4) is 0 Å². The maximum absolute atomic E-state index is 14.4. The Morgan fingerprint density at radius 3 is 2.62 bits per heavy atom. The zero-order chi connectivity index (χ0) is 16.5. The number of furan rings is 1. The highest BCUT2D eigenvalue weighted by atomic mass is 19.1. The fourth-order valence-electron chi connectivity index (χ4n) is 2.96. The van der Waals surface area contributed by atoms with Crippen LogP contribution in [0.15, 0.2) is 59.2 Å². The number of fused-ring (bicyclic) bond motifs is 1. The Kier molecular flexibility index (Phi) is 3.58. The fourth-order valence-corrected chi connectivity index (χ4v) is 2.96. The third-order valence-electron chi connectivity index (χ3n) is 4.21. The molecule has 0 amide bonds. The molecule has 0 radical (unpaired) electrons. The molecule has 0 saturated carbocycles. The van der Waals surface area contributed by atoms with E-state index in [1.165, 1.54) is 6.07 Å². The van der Waals surface area contributed by atoms with Gasteiger partial charge in [-0.05, 0) is 53.6 Å². The number of nitrogens with one attached hydrogen (secondary N) is 1. The molecule has 1 N–H and O–H groups in total. The highest BCUT2D eigenvalue weighted by molar-refractivity contribution is 5.95. The molecule has 4 rings (SSSR count). The maximum Gasteiger partial charge on any atom is 0.135 e. The molecule has 0 atom stereocenters. The van der Waals surface area contributed by atoms with Crippen LogP contribution in [0.2, 0.25) is 0 Å². The number of halogens is 1. The van der Waals surface area contributed by atoms with Crippen molar-refractivity contribution in [2.45, 2.75) is 0 Å². The Morgan fingerprint density at radius 1 is 1.08 bits per heavy atom. The predicted octanol–water partition coefficient (Wildman–Crippen LogP) is 5.06. The van der Waals surface area contributed by atoms with Crippen LogP contribution in [0.4, 0.5) is 10.1 Å². The summed E-state index contributed by atoms with van der Waals surface area (Å²) in [5.41, 5.74) is 4.25. The van der Waals surface area contributed by atoms with Gasteiger partial charge in [0.1, 0.15) is 17.3 Å². The average Bonchev–Trinajstić information content (AvgIpc) is 3.16. The normalized spacial score (nSPS) is 13.0. The standard InChI is InChI=1S/C20H16FNO2/c1-23-15-6-4-13(5-7-15)14-11-17-18(21)9-8-16(20(17)22-12-14)19-3-2-10-24-19/h2-11,22H,12H2,1H3. The predicted molar refractivity (Wildman–Crippen MR) is 93.5 cm³/mol. The largest absolute Gasteiger partial charge is 0.497 e. The first-order chi connectivity index (χ1) is 11.8.